The number of hydrogen-bond donors (Lipinski definition) is 0. The van der Waals surface area contributed by atoms with Crippen molar-refractivity contribution in [3.63, 3.8) is 0 Å². The van der Waals surface area contributed by atoms with E-state index in [-0.39, 0.29) is 5.82 Å². The molecule has 0 N–H and O–H groups in total. The summed E-state index contributed by atoms with van der Waals surface area (Å²) in [6.45, 7) is 0.625. The fourth-order valence-electron chi connectivity index (χ4n) is 2.04. The van der Waals surface area contributed by atoms with Gasteiger partial charge in [0, 0.05) is 25.7 Å². The average Bonchev–Trinajstić information content (AvgIpc) is 2.60. The van der Waals surface area contributed by atoms with E-state index < -0.39 is 10.9 Å². The third-order valence-electron chi connectivity index (χ3n) is 3.37. The third kappa shape index (κ3) is 4.64. The molecule has 0 unspecified atom stereocenters. The minimum absolute atomic E-state index is 0.172. The second kappa shape index (κ2) is 7.87. The highest BCUT2D eigenvalue weighted by Gasteiger charge is 2.09. The zero-order valence-corrected chi connectivity index (χ0v) is 13.4. The van der Waals surface area contributed by atoms with Crippen LogP contribution in [0.3, 0.4) is 0 Å². The number of esters is 1. The highest BCUT2D eigenvalue weighted by atomic mass is 16.6. The minimum atomic E-state index is -0.523. The lowest BCUT2D eigenvalue weighted by molar-refractivity contribution is -0.389. The lowest BCUT2D eigenvalue weighted by atomic mass is 10.1. The number of methoxy groups -OCH3 is 1. The number of aromatic nitrogens is 1. The van der Waals surface area contributed by atoms with Gasteiger partial charge in [-0.2, -0.15) is 0 Å². The summed E-state index contributed by atoms with van der Waals surface area (Å²) in [7, 11) is 3.21. The Morgan fingerprint density at radius 1 is 1.29 bits per heavy atom. The first-order chi connectivity index (χ1) is 11.5. The molecule has 1 heterocycles. The van der Waals surface area contributed by atoms with Crippen LogP contribution >= 0.6 is 0 Å². The molecule has 0 fully saturated rings. The summed E-state index contributed by atoms with van der Waals surface area (Å²) in [5.41, 5.74) is 2.74. The highest BCUT2D eigenvalue weighted by Crippen LogP contribution is 2.17. The Labute approximate surface area is 139 Å². The summed E-state index contributed by atoms with van der Waals surface area (Å²) < 4.78 is 4.54. The first-order valence-corrected chi connectivity index (χ1v) is 7.16. The fourth-order valence-corrected chi connectivity index (χ4v) is 2.04. The smallest absolute Gasteiger partial charge is 0.363 e. The number of pyridine rings is 1. The van der Waals surface area contributed by atoms with Gasteiger partial charge in [-0.3, -0.25) is 0 Å². The van der Waals surface area contributed by atoms with Gasteiger partial charge in [-0.05, 0) is 33.2 Å². The van der Waals surface area contributed by atoms with E-state index in [1.54, 1.807) is 12.1 Å². The van der Waals surface area contributed by atoms with E-state index >= 15 is 0 Å². The molecule has 0 aliphatic rings. The number of benzene rings is 1. The van der Waals surface area contributed by atoms with Crippen LogP contribution in [0.25, 0.3) is 6.08 Å². The van der Waals surface area contributed by atoms with Crippen LogP contribution in [0, 0.1) is 10.1 Å². The van der Waals surface area contributed by atoms with E-state index in [1.165, 1.54) is 25.4 Å². The van der Waals surface area contributed by atoms with Crippen molar-refractivity contribution in [3.05, 3.63) is 69.9 Å². The molecule has 0 atom stereocenters. The van der Waals surface area contributed by atoms with Gasteiger partial charge in [0.1, 0.15) is 0 Å². The van der Waals surface area contributed by atoms with Crippen LogP contribution in [-0.4, -0.2) is 30.0 Å². The van der Waals surface area contributed by atoms with Crippen molar-refractivity contribution in [2.45, 2.75) is 6.54 Å². The Bertz CT molecular complexity index is 739. The van der Waals surface area contributed by atoms with E-state index in [0.717, 1.165) is 16.8 Å². The number of carbonyl (C=O) groups excluding carboxylic acids is 1. The molecule has 2 aromatic rings. The van der Waals surface area contributed by atoms with Gasteiger partial charge in [0.2, 0.25) is 0 Å². The van der Waals surface area contributed by atoms with Crippen molar-refractivity contribution in [2.24, 2.45) is 0 Å². The maximum absolute atomic E-state index is 11.1. The molecule has 0 saturated carbocycles. The van der Waals surface area contributed by atoms with Crippen molar-refractivity contribution < 1.29 is 14.5 Å². The second-order valence-corrected chi connectivity index (χ2v) is 5.09. The predicted molar refractivity (Wildman–Crippen MR) is 90.5 cm³/mol. The number of carbonyl (C=O) groups is 1. The number of anilines is 1. The van der Waals surface area contributed by atoms with Crippen molar-refractivity contribution in [1.29, 1.82) is 0 Å². The molecule has 0 bridgehead atoms. The minimum Gasteiger partial charge on any atom is -0.466 e. The Hall–Kier alpha value is -3.22. The molecule has 0 aliphatic heterocycles. The van der Waals surface area contributed by atoms with E-state index in [1.807, 2.05) is 36.2 Å². The lowest BCUT2D eigenvalue weighted by Gasteiger charge is -2.17. The van der Waals surface area contributed by atoms with Gasteiger partial charge < -0.3 is 19.8 Å². The molecule has 0 amide bonds. The number of nitrogens with zero attached hydrogens (tertiary/aromatic N) is 3. The maximum Gasteiger partial charge on any atom is 0.363 e. The van der Waals surface area contributed by atoms with Gasteiger partial charge >= 0.3 is 11.8 Å². The van der Waals surface area contributed by atoms with Crippen molar-refractivity contribution in [3.8, 4) is 0 Å². The van der Waals surface area contributed by atoms with E-state index in [2.05, 4.69) is 9.72 Å². The summed E-state index contributed by atoms with van der Waals surface area (Å²) in [6.07, 6.45) is 4.52. The molecule has 0 radical (unpaired) electrons. The average molecular weight is 327 g/mol. The van der Waals surface area contributed by atoms with Gasteiger partial charge in [-0.25, -0.2) is 4.79 Å². The maximum atomic E-state index is 11.1. The van der Waals surface area contributed by atoms with Gasteiger partial charge in [0.05, 0.1) is 12.8 Å². The Morgan fingerprint density at radius 3 is 2.54 bits per heavy atom. The molecular formula is C17H17N3O4. The summed E-state index contributed by atoms with van der Waals surface area (Å²) in [5.74, 6) is -0.571. The van der Waals surface area contributed by atoms with E-state index in [9.17, 15) is 14.9 Å². The third-order valence-corrected chi connectivity index (χ3v) is 3.37. The zero-order valence-electron chi connectivity index (χ0n) is 13.4. The Morgan fingerprint density at radius 2 is 2.00 bits per heavy atom. The topological polar surface area (TPSA) is 85.6 Å². The zero-order chi connectivity index (χ0) is 17.5. The summed E-state index contributed by atoms with van der Waals surface area (Å²) >= 11 is 0. The first kappa shape index (κ1) is 17.1. The van der Waals surface area contributed by atoms with Crippen LogP contribution in [0.5, 0.6) is 0 Å². The molecule has 24 heavy (non-hydrogen) atoms. The normalized spacial score (nSPS) is 10.6. The summed E-state index contributed by atoms with van der Waals surface area (Å²) in [5, 5.41) is 10.6. The van der Waals surface area contributed by atoms with Gasteiger partial charge in [0.25, 0.3) is 0 Å². The number of hydrogen-bond acceptors (Lipinski definition) is 6. The monoisotopic (exact) mass is 327 g/mol. The van der Waals surface area contributed by atoms with Gasteiger partial charge in [-0.15, -0.1) is 0 Å². The fraction of sp³-hybridized carbons (Fsp3) is 0.176. The van der Waals surface area contributed by atoms with Crippen LogP contribution < -0.4 is 4.90 Å². The summed E-state index contributed by atoms with van der Waals surface area (Å²) in [6, 6.07) is 10.7. The molecule has 0 spiro atoms. The van der Waals surface area contributed by atoms with E-state index in [0.29, 0.717) is 6.54 Å². The van der Waals surface area contributed by atoms with E-state index in [4.69, 9.17) is 0 Å². The molecular weight excluding hydrogens is 310 g/mol. The summed E-state index contributed by atoms with van der Waals surface area (Å²) in [4.78, 5) is 26.9. The molecule has 1 aromatic heterocycles. The molecule has 0 saturated heterocycles. The molecule has 7 heteroatoms. The first-order valence-electron chi connectivity index (χ1n) is 7.16. The molecule has 2 rings (SSSR count). The number of ether oxygens (including phenoxy) is 1. The number of nitro groups is 1. The predicted octanol–water partition coefficient (Wildman–Crippen LogP) is 2.81. The van der Waals surface area contributed by atoms with Crippen molar-refractivity contribution >= 4 is 23.6 Å². The van der Waals surface area contributed by atoms with Crippen molar-refractivity contribution in [2.75, 3.05) is 19.1 Å². The van der Waals surface area contributed by atoms with Gasteiger partial charge in [-0.1, -0.05) is 24.3 Å². The van der Waals surface area contributed by atoms with Gasteiger partial charge in [0.15, 0.2) is 6.20 Å². The largest absolute Gasteiger partial charge is 0.466 e. The van der Waals surface area contributed by atoms with Crippen LogP contribution in [-0.2, 0) is 16.1 Å². The van der Waals surface area contributed by atoms with Crippen LogP contribution in [0.2, 0.25) is 0 Å². The quantitative estimate of drug-likeness (QED) is 0.351. The van der Waals surface area contributed by atoms with Crippen LogP contribution in [0.4, 0.5) is 11.5 Å². The SMILES string of the molecule is COC(=O)/C=C/c1ccc(CN(C)c2ccc([N+](=O)[O-])nc2)cc1. The highest BCUT2D eigenvalue weighted by molar-refractivity contribution is 5.86. The van der Waals surface area contributed by atoms with Crippen LogP contribution in [0.1, 0.15) is 11.1 Å². The Balaban J connectivity index is 2.01. The van der Waals surface area contributed by atoms with Crippen molar-refractivity contribution in [1.82, 2.24) is 4.98 Å². The standard InChI is InChI=1S/C17H17N3O4/c1-19(15-8-9-16(18-11-15)20(22)23)12-14-5-3-13(4-6-14)7-10-17(21)24-2/h3-11H,12H2,1-2H3/b10-7+. The molecule has 124 valence electrons. The second-order valence-electron chi connectivity index (χ2n) is 5.09. The number of rotatable bonds is 6. The van der Waals surface area contributed by atoms with Crippen LogP contribution in [0.15, 0.2) is 48.7 Å². The lowest BCUT2D eigenvalue weighted by Crippen LogP contribution is -2.16. The Kier molecular flexibility index (Phi) is 5.62. The molecule has 7 nitrogen and oxygen atoms in total. The molecule has 0 aliphatic carbocycles. The molecule has 1 aromatic carbocycles.